The van der Waals surface area contributed by atoms with Crippen molar-refractivity contribution in [2.75, 3.05) is 26.7 Å². The Morgan fingerprint density at radius 2 is 1.86 bits per heavy atom. The lowest BCUT2D eigenvalue weighted by Gasteiger charge is -2.56. The van der Waals surface area contributed by atoms with Crippen molar-refractivity contribution in [3.63, 3.8) is 0 Å². The summed E-state index contributed by atoms with van der Waals surface area (Å²) in [7, 11) is 1.70. The Balaban J connectivity index is 1.41. The van der Waals surface area contributed by atoms with Crippen molar-refractivity contribution in [3.8, 4) is 5.75 Å². The lowest BCUT2D eigenvalue weighted by molar-refractivity contribution is -0.102. The van der Waals surface area contributed by atoms with Gasteiger partial charge in [0.15, 0.2) is 0 Å². The predicted octanol–water partition coefficient (Wildman–Crippen LogP) is 5.55. The molecule has 3 aromatic carbocycles. The molecule has 1 aliphatic heterocycles. The Hall–Kier alpha value is -2.79. The zero-order chi connectivity index (χ0) is 24.0. The smallest absolute Gasteiger partial charge is 0.119 e. The number of hydrogen-bond acceptors (Lipinski definition) is 3. The number of halogens is 1. The van der Waals surface area contributed by atoms with Gasteiger partial charge in [0.2, 0.25) is 0 Å². The molecule has 0 saturated carbocycles. The molecular formula is C30H31ClN2O2. The van der Waals surface area contributed by atoms with E-state index in [1.54, 1.807) is 7.11 Å². The van der Waals surface area contributed by atoms with Gasteiger partial charge in [0.05, 0.1) is 23.3 Å². The number of nitrogens with one attached hydrogen (secondary N) is 1. The monoisotopic (exact) mass is 486 g/mol. The van der Waals surface area contributed by atoms with E-state index in [2.05, 4.69) is 58.4 Å². The molecule has 5 heteroatoms. The number of β-amino-alcohol motifs (C(OH)–C–C–N with tert-alkyl or cyclic N) is 1. The molecule has 1 fully saturated rings. The second-order valence-corrected chi connectivity index (χ2v) is 10.6. The molecule has 4 nitrogen and oxygen atoms in total. The van der Waals surface area contributed by atoms with Gasteiger partial charge in [0.1, 0.15) is 5.75 Å². The van der Waals surface area contributed by atoms with Gasteiger partial charge in [-0.2, -0.15) is 0 Å². The number of hydrogen-bond donors (Lipinski definition) is 2. The third kappa shape index (κ3) is 3.76. The largest absolute Gasteiger partial charge is 0.497 e. The standard InChI is InChI=1S/C30H31ClN2O2/c1-35-23-10-5-9-22(17-23)29-14-16-33(15-13-21-7-3-2-4-8-21)20-30(29,34)18-25-24-11-6-12-26(31)28(24)32-27(25)19-29/h2-12,17,32,34H,13-16,18-20H2,1H3. The number of H-pyrrole nitrogens is 1. The molecule has 1 aromatic heterocycles. The number of benzene rings is 3. The van der Waals surface area contributed by atoms with Crippen LogP contribution in [0.15, 0.2) is 72.8 Å². The molecule has 2 N–H and O–H groups in total. The highest BCUT2D eigenvalue weighted by Gasteiger charge is 2.57. The van der Waals surface area contributed by atoms with E-state index in [1.165, 1.54) is 16.8 Å². The van der Waals surface area contributed by atoms with E-state index in [0.717, 1.165) is 59.6 Å². The van der Waals surface area contributed by atoms with Crippen molar-refractivity contribution >= 4 is 22.5 Å². The van der Waals surface area contributed by atoms with Crippen molar-refractivity contribution < 1.29 is 9.84 Å². The number of aromatic amines is 1. The van der Waals surface area contributed by atoms with Crippen LogP contribution in [0.2, 0.25) is 5.02 Å². The number of aromatic nitrogens is 1. The minimum Gasteiger partial charge on any atom is -0.497 e. The van der Waals surface area contributed by atoms with Crippen LogP contribution in [0.5, 0.6) is 5.75 Å². The molecule has 1 aliphatic carbocycles. The predicted molar refractivity (Wildman–Crippen MR) is 142 cm³/mol. The highest BCUT2D eigenvalue weighted by Crippen LogP contribution is 2.52. The summed E-state index contributed by atoms with van der Waals surface area (Å²) in [6, 6.07) is 25.0. The number of piperidine rings is 1. The molecule has 2 unspecified atom stereocenters. The number of nitrogens with zero attached hydrogens (tertiary/aromatic N) is 1. The van der Waals surface area contributed by atoms with Crippen molar-refractivity contribution in [1.29, 1.82) is 0 Å². The highest BCUT2D eigenvalue weighted by atomic mass is 35.5. The van der Waals surface area contributed by atoms with Crippen LogP contribution >= 0.6 is 11.6 Å². The van der Waals surface area contributed by atoms with Crippen LogP contribution in [-0.4, -0.2) is 47.3 Å². The first-order valence-electron chi connectivity index (χ1n) is 12.4. The second kappa shape index (κ2) is 8.70. The minimum atomic E-state index is -0.904. The Morgan fingerprint density at radius 1 is 1.03 bits per heavy atom. The van der Waals surface area contributed by atoms with E-state index in [1.807, 2.05) is 24.3 Å². The average molecular weight is 487 g/mol. The molecule has 180 valence electrons. The zero-order valence-corrected chi connectivity index (χ0v) is 20.8. The summed E-state index contributed by atoms with van der Waals surface area (Å²) in [5.41, 5.74) is 4.55. The molecule has 6 rings (SSSR count). The first kappa shape index (κ1) is 22.7. The number of rotatable bonds is 5. The third-order valence-electron chi connectivity index (χ3n) is 8.34. The van der Waals surface area contributed by atoms with Crippen LogP contribution in [0.25, 0.3) is 10.9 Å². The SMILES string of the molecule is COc1cccc(C23CCN(CCc4ccccc4)CC2(O)Cc2c([nH]c4c(Cl)cccc24)C3)c1. The first-order chi connectivity index (χ1) is 17.0. The third-order valence-corrected chi connectivity index (χ3v) is 8.65. The molecular weight excluding hydrogens is 456 g/mol. The maximum Gasteiger partial charge on any atom is 0.119 e. The van der Waals surface area contributed by atoms with E-state index < -0.39 is 11.0 Å². The maximum atomic E-state index is 12.6. The van der Waals surface area contributed by atoms with E-state index in [4.69, 9.17) is 16.3 Å². The normalized spacial score (nSPS) is 24.2. The molecule has 2 aliphatic rings. The number of para-hydroxylation sites is 1. The van der Waals surface area contributed by atoms with Gasteiger partial charge < -0.3 is 19.7 Å². The topological polar surface area (TPSA) is 48.5 Å². The Morgan fingerprint density at radius 3 is 2.69 bits per heavy atom. The quantitative estimate of drug-likeness (QED) is 0.389. The van der Waals surface area contributed by atoms with Gasteiger partial charge >= 0.3 is 0 Å². The molecule has 0 amide bonds. The molecule has 35 heavy (non-hydrogen) atoms. The lowest BCUT2D eigenvalue weighted by Crippen LogP contribution is -2.66. The van der Waals surface area contributed by atoms with Gasteiger partial charge in [-0.25, -0.2) is 0 Å². The first-order valence-corrected chi connectivity index (χ1v) is 12.8. The summed E-state index contributed by atoms with van der Waals surface area (Å²) >= 11 is 6.56. The van der Waals surface area contributed by atoms with Crippen LogP contribution in [-0.2, 0) is 24.7 Å². The number of likely N-dealkylation sites (tertiary alicyclic amines) is 1. The number of fused-ring (bicyclic) bond motifs is 4. The number of ether oxygens (including phenoxy) is 1. The Kier molecular flexibility index (Phi) is 5.63. The van der Waals surface area contributed by atoms with Gasteiger partial charge in [-0.3, -0.25) is 0 Å². The van der Waals surface area contributed by atoms with Crippen LogP contribution < -0.4 is 4.74 Å². The van der Waals surface area contributed by atoms with Crippen molar-refractivity contribution in [2.45, 2.75) is 36.7 Å². The fourth-order valence-corrected chi connectivity index (χ4v) is 6.68. The highest BCUT2D eigenvalue weighted by molar-refractivity contribution is 6.35. The molecule has 0 spiro atoms. The summed E-state index contributed by atoms with van der Waals surface area (Å²) in [5, 5.41) is 14.4. The van der Waals surface area contributed by atoms with Gasteiger partial charge in [-0.15, -0.1) is 0 Å². The zero-order valence-electron chi connectivity index (χ0n) is 20.1. The lowest BCUT2D eigenvalue weighted by atomic mass is 9.56. The van der Waals surface area contributed by atoms with Crippen molar-refractivity contribution in [1.82, 2.24) is 9.88 Å². The molecule has 2 heterocycles. The van der Waals surface area contributed by atoms with Gasteiger partial charge in [0, 0.05) is 42.4 Å². The van der Waals surface area contributed by atoms with Gasteiger partial charge in [-0.05, 0) is 54.3 Å². The van der Waals surface area contributed by atoms with Crippen molar-refractivity contribution in [3.05, 3.63) is 100 Å². The fourth-order valence-electron chi connectivity index (χ4n) is 6.46. The maximum absolute atomic E-state index is 12.6. The summed E-state index contributed by atoms with van der Waals surface area (Å²) in [6.07, 6.45) is 3.22. The average Bonchev–Trinajstić information content (AvgIpc) is 3.24. The number of methoxy groups -OCH3 is 1. The van der Waals surface area contributed by atoms with E-state index in [-0.39, 0.29) is 0 Å². The van der Waals surface area contributed by atoms with Crippen LogP contribution in [0.4, 0.5) is 0 Å². The summed E-state index contributed by atoms with van der Waals surface area (Å²) in [5.74, 6) is 0.830. The van der Waals surface area contributed by atoms with Crippen LogP contribution in [0, 0.1) is 0 Å². The minimum absolute atomic E-state index is 0.398. The molecule has 0 radical (unpaired) electrons. The van der Waals surface area contributed by atoms with Crippen LogP contribution in [0.1, 0.15) is 28.8 Å². The Labute approximate surface area is 211 Å². The van der Waals surface area contributed by atoms with E-state index >= 15 is 0 Å². The number of aliphatic hydroxyl groups is 1. The van der Waals surface area contributed by atoms with Gasteiger partial charge in [0.25, 0.3) is 0 Å². The van der Waals surface area contributed by atoms with E-state index in [9.17, 15) is 5.11 Å². The second-order valence-electron chi connectivity index (χ2n) is 10.2. The summed E-state index contributed by atoms with van der Waals surface area (Å²) < 4.78 is 5.58. The summed E-state index contributed by atoms with van der Waals surface area (Å²) in [6.45, 7) is 2.53. The molecule has 4 aromatic rings. The van der Waals surface area contributed by atoms with Gasteiger partial charge in [-0.1, -0.05) is 66.2 Å². The molecule has 2 atom stereocenters. The van der Waals surface area contributed by atoms with E-state index in [0.29, 0.717) is 13.0 Å². The van der Waals surface area contributed by atoms with Crippen LogP contribution in [0.3, 0.4) is 0 Å². The Bertz CT molecular complexity index is 1370. The van der Waals surface area contributed by atoms with Crippen molar-refractivity contribution in [2.24, 2.45) is 0 Å². The fraction of sp³-hybridized carbons (Fsp3) is 0.333. The molecule has 1 saturated heterocycles. The summed E-state index contributed by atoms with van der Waals surface area (Å²) in [4.78, 5) is 6.07. The molecule has 0 bridgehead atoms.